The van der Waals surface area contributed by atoms with E-state index in [1.165, 1.54) is 44.2 Å². The first-order valence-corrected chi connectivity index (χ1v) is 7.07. The van der Waals surface area contributed by atoms with Gasteiger partial charge in [0, 0.05) is 12.5 Å². The lowest BCUT2D eigenvalue weighted by Crippen LogP contribution is -2.21. The van der Waals surface area contributed by atoms with Gasteiger partial charge in [-0.15, -0.1) is 0 Å². The molecule has 0 aromatic heterocycles. The van der Waals surface area contributed by atoms with E-state index in [0.717, 1.165) is 13.0 Å². The zero-order chi connectivity index (χ0) is 12.5. The molecular weight excluding hydrogens is 212 g/mol. The molecule has 0 spiro atoms. The number of likely N-dealkylation sites (N-methyl/N-ethyl adjacent to an activating group) is 1. The molecule has 1 saturated carbocycles. The van der Waals surface area contributed by atoms with Crippen LogP contribution < -0.4 is 0 Å². The van der Waals surface area contributed by atoms with Gasteiger partial charge < -0.3 is 9.74 Å². The first kappa shape index (κ1) is 14.5. The topological polar surface area (TPSA) is 24.8 Å². The van der Waals surface area contributed by atoms with Gasteiger partial charge in [0.15, 0.2) is 0 Å². The number of rotatable bonds is 7. The molecule has 0 aromatic carbocycles. The summed E-state index contributed by atoms with van der Waals surface area (Å²) < 4.78 is 0. The Kier molecular flexibility index (Phi) is 7.25. The molecule has 0 saturated heterocycles. The van der Waals surface area contributed by atoms with Crippen LogP contribution >= 0.6 is 0 Å². The van der Waals surface area contributed by atoms with Crippen LogP contribution in [0.25, 0.3) is 0 Å². The van der Waals surface area contributed by atoms with E-state index >= 15 is 0 Å². The third-order valence-corrected chi connectivity index (χ3v) is 3.42. The summed E-state index contributed by atoms with van der Waals surface area (Å²) in [6.07, 6.45) is 9.02. The van der Waals surface area contributed by atoms with Crippen molar-refractivity contribution in [3.05, 3.63) is 0 Å². The lowest BCUT2D eigenvalue weighted by molar-refractivity contribution is 0.123. The number of hydrogen-bond acceptors (Lipinski definition) is 3. The molecule has 0 heterocycles. The maximum absolute atomic E-state index is 5.44. The fraction of sp³-hybridized carbons (Fsp3) is 0.929. The average molecular weight is 240 g/mol. The van der Waals surface area contributed by atoms with Gasteiger partial charge >= 0.3 is 0 Å². The number of hydrogen-bond donors (Lipinski definition) is 0. The van der Waals surface area contributed by atoms with E-state index in [1.807, 2.05) is 0 Å². The van der Waals surface area contributed by atoms with Crippen molar-refractivity contribution in [2.75, 3.05) is 27.2 Å². The molecule has 1 unspecified atom stereocenters. The minimum atomic E-state index is 0.697. The highest BCUT2D eigenvalue weighted by Gasteiger charge is 2.20. The van der Waals surface area contributed by atoms with E-state index in [-0.39, 0.29) is 0 Å². The van der Waals surface area contributed by atoms with Crippen molar-refractivity contribution < 1.29 is 4.84 Å². The van der Waals surface area contributed by atoms with Crippen LogP contribution in [0.1, 0.15) is 51.9 Å². The standard InChI is InChI=1S/C14H28N2O/c1-4-5-8-13-9-6-7-10-14(13)15-17-12-11-16(2)3/h13H,4-12H2,1-3H3/b15-14+. The van der Waals surface area contributed by atoms with Crippen molar-refractivity contribution in [3.63, 3.8) is 0 Å². The fourth-order valence-corrected chi connectivity index (χ4v) is 2.30. The Bertz CT molecular complexity index is 226. The summed E-state index contributed by atoms with van der Waals surface area (Å²) in [5.41, 5.74) is 1.32. The smallest absolute Gasteiger partial charge is 0.129 e. The second kappa shape index (κ2) is 8.51. The molecule has 3 heteroatoms. The quantitative estimate of drug-likeness (QED) is 0.504. The maximum Gasteiger partial charge on any atom is 0.129 e. The van der Waals surface area contributed by atoms with Crippen LogP contribution in [-0.4, -0.2) is 37.9 Å². The highest BCUT2D eigenvalue weighted by molar-refractivity contribution is 5.86. The first-order chi connectivity index (χ1) is 8.24. The van der Waals surface area contributed by atoms with Crippen molar-refractivity contribution >= 4 is 5.71 Å². The predicted molar refractivity (Wildman–Crippen MR) is 73.4 cm³/mol. The first-order valence-electron chi connectivity index (χ1n) is 7.07. The van der Waals surface area contributed by atoms with Gasteiger partial charge in [-0.1, -0.05) is 31.3 Å². The SMILES string of the molecule is CCCCC1CCCC/C1=N\OCCN(C)C. The van der Waals surface area contributed by atoms with Crippen LogP contribution in [0.3, 0.4) is 0 Å². The number of nitrogens with zero attached hydrogens (tertiary/aromatic N) is 2. The van der Waals surface area contributed by atoms with Gasteiger partial charge in [-0.3, -0.25) is 0 Å². The van der Waals surface area contributed by atoms with Gasteiger partial charge in [-0.25, -0.2) is 0 Å². The number of unbranched alkanes of at least 4 members (excludes halogenated alkanes) is 1. The minimum Gasteiger partial charge on any atom is -0.394 e. The van der Waals surface area contributed by atoms with Crippen molar-refractivity contribution in [1.29, 1.82) is 0 Å². The summed E-state index contributed by atoms with van der Waals surface area (Å²) in [5, 5.41) is 4.38. The monoisotopic (exact) mass is 240 g/mol. The zero-order valence-electron chi connectivity index (χ0n) is 11.7. The van der Waals surface area contributed by atoms with Crippen molar-refractivity contribution in [2.24, 2.45) is 11.1 Å². The molecule has 1 aliphatic rings. The lowest BCUT2D eigenvalue weighted by Gasteiger charge is -2.23. The van der Waals surface area contributed by atoms with Crippen molar-refractivity contribution in [2.45, 2.75) is 51.9 Å². The molecule has 1 fully saturated rings. The van der Waals surface area contributed by atoms with Gasteiger partial charge in [-0.2, -0.15) is 0 Å². The van der Waals surface area contributed by atoms with Gasteiger partial charge in [0.25, 0.3) is 0 Å². The van der Waals surface area contributed by atoms with Crippen LogP contribution in [0.5, 0.6) is 0 Å². The Labute approximate surface area is 106 Å². The van der Waals surface area contributed by atoms with Crippen molar-refractivity contribution in [1.82, 2.24) is 4.90 Å². The Morgan fingerprint density at radius 1 is 1.35 bits per heavy atom. The van der Waals surface area contributed by atoms with E-state index in [4.69, 9.17) is 4.84 Å². The van der Waals surface area contributed by atoms with Crippen LogP contribution in [-0.2, 0) is 4.84 Å². The molecule has 1 aliphatic carbocycles. The van der Waals surface area contributed by atoms with E-state index in [2.05, 4.69) is 31.1 Å². The molecule has 3 nitrogen and oxygen atoms in total. The molecule has 0 amide bonds. The Balaban J connectivity index is 2.32. The third kappa shape index (κ3) is 6.06. The molecule has 0 N–H and O–H groups in total. The Hall–Kier alpha value is -0.570. The van der Waals surface area contributed by atoms with Crippen molar-refractivity contribution in [3.8, 4) is 0 Å². The van der Waals surface area contributed by atoms with Crippen LogP contribution in [0.15, 0.2) is 5.16 Å². The largest absolute Gasteiger partial charge is 0.394 e. The number of oxime groups is 1. The van der Waals surface area contributed by atoms with Crippen LogP contribution in [0.4, 0.5) is 0 Å². The Morgan fingerprint density at radius 3 is 2.88 bits per heavy atom. The fourth-order valence-electron chi connectivity index (χ4n) is 2.30. The van der Waals surface area contributed by atoms with Gasteiger partial charge in [0.05, 0.1) is 5.71 Å². The van der Waals surface area contributed by atoms with Gasteiger partial charge in [0.2, 0.25) is 0 Å². The minimum absolute atomic E-state index is 0.697. The van der Waals surface area contributed by atoms with E-state index < -0.39 is 0 Å². The lowest BCUT2D eigenvalue weighted by atomic mass is 9.84. The molecule has 0 bridgehead atoms. The van der Waals surface area contributed by atoms with Gasteiger partial charge in [-0.05, 0) is 39.8 Å². The Morgan fingerprint density at radius 2 is 2.18 bits per heavy atom. The third-order valence-electron chi connectivity index (χ3n) is 3.42. The molecule has 0 radical (unpaired) electrons. The average Bonchev–Trinajstić information content (AvgIpc) is 2.33. The predicted octanol–water partition coefficient (Wildman–Crippen LogP) is 3.30. The molecular formula is C14H28N2O. The van der Waals surface area contributed by atoms with Crippen LogP contribution in [0.2, 0.25) is 0 Å². The summed E-state index contributed by atoms with van der Waals surface area (Å²) in [5.74, 6) is 0.697. The highest BCUT2D eigenvalue weighted by Crippen LogP contribution is 2.26. The molecule has 0 aromatic rings. The molecule has 17 heavy (non-hydrogen) atoms. The molecule has 0 aliphatic heterocycles. The summed E-state index contributed by atoms with van der Waals surface area (Å²) >= 11 is 0. The molecule has 1 rings (SSSR count). The molecule has 1 atom stereocenters. The summed E-state index contributed by atoms with van der Waals surface area (Å²) in [6, 6.07) is 0. The normalized spacial score (nSPS) is 23.3. The summed E-state index contributed by atoms with van der Waals surface area (Å²) in [4.78, 5) is 7.56. The zero-order valence-corrected chi connectivity index (χ0v) is 11.7. The second-order valence-corrected chi connectivity index (χ2v) is 5.30. The van der Waals surface area contributed by atoms with E-state index in [1.54, 1.807) is 0 Å². The summed E-state index contributed by atoms with van der Waals surface area (Å²) in [6.45, 7) is 3.90. The van der Waals surface area contributed by atoms with E-state index in [0.29, 0.717) is 12.5 Å². The maximum atomic E-state index is 5.44. The van der Waals surface area contributed by atoms with Gasteiger partial charge in [0.1, 0.15) is 6.61 Å². The second-order valence-electron chi connectivity index (χ2n) is 5.30. The van der Waals surface area contributed by atoms with Crippen LogP contribution in [0, 0.1) is 5.92 Å². The highest BCUT2D eigenvalue weighted by atomic mass is 16.6. The summed E-state index contributed by atoms with van der Waals surface area (Å²) in [7, 11) is 4.11. The molecule has 100 valence electrons. The van der Waals surface area contributed by atoms with E-state index in [9.17, 15) is 0 Å².